The summed E-state index contributed by atoms with van der Waals surface area (Å²) in [5.41, 5.74) is 6.28. The zero-order valence-electron chi connectivity index (χ0n) is 9.40. The van der Waals surface area contributed by atoms with Gasteiger partial charge in [0.2, 0.25) is 5.28 Å². The minimum Gasteiger partial charge on any atom is -0.394 e. The fourth-order valence-electron chi connectivity index (χ4n) is 1.83. The average molecular weight is 243 g/mol. The fraction of sp³-hybridized carbons (Fsp3) is 0.600. The maximum atomic E-state index is 5.88. The van der Waals surface area contributed by atoms with Crippen molar-refractivity contribution in [1.29, 1.82) is 0 Å². The third-order valence-corrected chi connectivity index (χ3v) is 2.85. The third-order valence-electron chi connectivity index (χ3n) is 2.67. The van der Waals surface area contributed by atoms with Crippen LogP contribution in [0.15, 0.2) is 6.20 Å². The van der Waals surface area contributed by atoms with Crippen LogP contribution in [0, 0.1) is 0 Å². The standard InChI is InChI=1S/C10H15ClN4O/c1-10(2)6-16-4-3-15(10)8-7(12)5-13-9(11)14-8/h5H,3-4,6,12H2,1-2H3. The Balaban J connectivity index is 2.38. The number of rotatable bonds is 1. The molecule has 2 heterocycles. The number of ether oxygens (including phenoxy) is 1. The predicted octanol–water partition coefficient (Wildman–Crippen LogP) is 1.33. The zero-order chi connectivity index (χ0) is 11.8. The van der Waals surface area contributed by atoms with Gasteiger partial charge in [-0.2, -0.15) is 4.98 Å². The molecule has 6 heteroatoms. The number of nitrogen functional groups attached to an aromatic ring is 1. The Labute approximate surface area is 99.6 Å². The highest BCUT2D eigenvalue weighted by Crippen LogP contribution is 2.29. The Morgan fingerprint density at radius 1 is 1.56 bits per heavy atom. The van der Waals surface area contributed by atoms with Crippen LogP contribution >= 0.6 is 11.6 Å². The zero-order valence-corrected chi connectivity index (χ0v) is 10.2. The minimum atomic E-state index is -0.135. The summed E-state index contributed by atoms with van der Waals surface area (Å²) < 4.78 is 5.45. The van der Waals surface area contributed by atoms with Gasteiger partial charge in [-0.05, 0) is 25.4 Å². The second kappa shape index (κ2) is 4.07. The summed E-state index contributed by atoms with van der Waals surface area (Å²) >= 11 is 5.79. The van der Waals surface area contributed by atoms with Gasteiger partial charge >= 0.3 is 0 Å². The van der Waals surface area contributed by atoms with E-state index in [2.05, 4.69) is 28.7 Å². The minimum absolute atomic E-state index is 0.135. The lowest BCUT2D eigenvalue weighted by atomic mass is 10.0. The predicted molar refractivity (Wildman–Crippen MR) is 63.7 cm³/mol. The molecule has 1 fully saturated rings. The van der Waals surface area contributed by atoms with Crippen molar-refractivity contribution in [1.82, 2.24) is 9.97 Å². The number of anilines is 2. The quantitative estimate of drug-likeness (QED) is 0.753. The highest BCUT2D eigenvalue weighted by molar-refractivity contribution is 6.28. The lowest BCUT2D eigenvalue weighted by molar-refractivity contribution is 0.0640. The molecule has 2 N–H and O–H groups in total. The molecule has 1 aliphatic rings. The molecule has 2 rings (SSSR count). The molecule has 0 aliphatic carbocycles. The highest BCUT2D eigenvalue weighted by Gasteiger charge is 2.32. The van der Waals surface area contributed by atoms with E-state index in [-0.39, 0.29) is 10.8 Å². The molecule has 0 spiro atoms. The molecule has 5 nitrogen and oxygen atoms in total. The molecule has 0 unspecified atom stereocenters. The van der Waals surface area contributed by atoms with E-state index in [1.807, 2.05) is 0 Å². The number of nitrogens with zero attached hydrogens (tertiary/aromatic N) is 3. The average Bonchev–Trinajstić information content (AvgIpc) is 2.22. The lowest BCUT2D eigenvalue weighted by Crippen LogP contribution is -2.53. The van der Waals surface area contributed by atoms with Crippen LogP contribution in [0.5, 0.6) is 0 Å². The van der Waals surface area contributed by atoms with Crippen molar-refractivity contribution >= 4 is 23.1 Å². The molecule has 0 bridgehead atoms. The van der Waals surface area contributed by atoms with Crippen molar-refractivity contribution in [3.05, 3.63) is 11.5 Å². The third kappa shape index (κ3) is 2.05. The summed E-state index contributed by atoms with van der Waals surface area (Å²) in [7, 11) is 0. The first-order chi connectivity index (χ1) is 7.50. The molecule has 88 valence electrons. The first kappa shape index (κ1) is 11.4. The van der Waals surface area contributed by atoms with Crippen LogP contribution in [0.2, 0.25) is 5.28 Å². The number of morpholine rings is 1. The Hall–Kier alpha value is -1.07. The van der Waals surface area contributed by atoms with Gasteiger partial charge in [0.25, 0.3) is 0 Å². The molecule has 0 saturated carbocycles. The van der Waals surface area contributed by atoms with E-state index in [0.29, 0.717) is 24.7 Å². The first-order valence-corrected chi connectivity index (χ1v) is 5.52. The second-order valence-electron chi connectivity index (χ2n) is 4.43. The summed E-state index contributed by atoms with van der Waals surface area (Å²) in [6.07, 6.45) is 1.54. The van der Waals surface area contributed by atoms with Crippen LogP contribution in [0.3, 0.4) is 0 Å². The Morgan fingerprint density at radius 2 is 2.31 bits per heavy atom. The van der Waals surface area contributed by atoms with Gasteiger partial charge < -0.3 is 15.4 Å². The summed E-state index contributed by atoms with van der Waals surface area (Å²) in [5, 5.41) is 0.214. The summed E-state index contributed by atoms with van der Waals surface area (Å²) in [6.45, 7) is 6.24. The maximum Gasteiger partial charge on any atom is 0.224 e. The molecular formula is C10H15ClN4O. The number of halogens is 1. The number of nitrogens with two attached hydrogens (primary N) is 1. The normalized spacial score (nSPS) is 19.8. The maximum absolute atomic E-state index is 5.88. The van der Waals surface area contributed by atoms with E-state index in [4.69, 9.17) is 22.1 Å². The van der Waals surface area contributed by atoms with E-state index in [1.165, 1.54) is 6.20 Å². The molecular weight excluding hydrogens is 228 g/mol. The van der Waals surface area contributed by atoms with Crippen molar-refractivity contribution in [2.75, 3.05) is 30.4 Å². The molecule has 0 atom stereocenters. The van der Waals surface area contributed by atoms with Crippen LogP contribution in [-0.2, 0) is 4.74 Å². The van der Waals surface area contributed by atoms with E-state index in [0.717, 1.165) is 6.54 Å². The van der Waals surface area contributed by atoms with Gasteiger partial charge in [0.15, 0.2) is 5.82 Å². The number of aromatic nitrogens is 2. The molecule has 1 aromatic rings. The monoisotopic (exact) mass is 242 g/mol. The lowest BCUT2D eigenvalue weighted by Gasteiger charge is -2.43. The van der Waals surface area contributed by atoms with Gasteiger partial charge in [0, 0.05) is 6.54 Å². The van der Waals surface area contributed by atoms with Crippen LogP contribution in [-0.4, -0.2) is 35.3 Å². The van der Waals surface area contributed by atoms with Crippen LogP contribution in [0.4, 0.5) is 11.5 Å². The molecule has 1 aromatic heterocycles. The molecule has 1 aliphatic heterocycles. The van der Waals surface area contributed by atoms with Gasteiger partial charge in [-0.15, -0.1) is 0 Å². The SMILES string of the molecule is CC1(C)COCCN1c1nc(Cl)ncc1N. The molecule has 1 saturated heterocycles. The van der Waals surface area contributed by atoms with Crippen LogP contribution in [0.1, 0.15) is 13.8 Å². The van der Waals surface area contributed by atoms with Crippen molar-refractivity contribution < 1.29 is 4.74 Å². The van der Waals surface area contributed by atoms with Crippen LogP contribution < -0.4 is 10.6 Å². The van der Waals surface area contributed by atoms with Gasteiger partial charge in [0.1, 0.15) is 0 Å². The Morgan fingerprint density at radius 3 is 3.00 bits per heavy atom. The van der Waals surface area contributed by atoms with E-state index >= 15 is 0 Å². The smallest absolute Gasteiger partial charge is 0.224 e. The van der Waals surface area contributed by atoms with Gasteiger partial charge in [0.05, 0.1) is 30.6 Å². The van der Waals surface area contributed by atoms with Crippen molar-refractivity contribution in [2.24, 2.45) is 0 Å². The summed E-state index contributed by atoms with van der Waals surface area (Å²) in [5.74, 6) is 0.688. The van der Waals surface area contributed by atoms with E-state index < -0.39 is 0 Å². The van der Waals surface area contributed by atoms with Crippen molar-refractivity contribution in [3.8, 4) is 0 Å². The number of hydrogen-bond acceptors (Lipinski definition) is 5. The summed E-state index contributed by atoms with van der Waals surface area (Å²) in [6, 6.07) is 0. The van der Waals surface area contributed by atoms with E-state index in [9.17, 15) is 0 Å². The molecule has 0 amide bonds. The first-order valence-electron chi connectivity index (χ1n) is 5.14. The topological polar surface area (TPSA) is 64.3 Å². The largest absolute Gasteiger partial charge is 0.394 e. The van der Waals surface area contributed by atoms with Crippen molar-refractivity contribution in [3.63, 3.8) is 0 Å². The van der Waals surface area contributed by atoms with Crippen molar-refractivity contribution in [2.45, 2.75) is 19.4 Å². The van der Waals surface area contributed by atoms with Gasteiger partial charge in [-0.3, -0.25) is 0 Å². The second-order valence-corrected chi connectivity index (χ2v) is 4.77. The summed E-state index contributed by atoms with van der Waals surface area (Å²) in [4.78, 5) is 10.2. The molecule has 16 heavy (non-hydrogen) atoms. The van der Waals surface area contributed by atoms with Gasteiger partial charge in [-0.1, -0.05) is 0 Å². The highest BCUT2D eigenvalue weighted by atomic mass is 35.5. The van der Waals surface area contributed by atoms with E-state index in [1.54, 1.807) is 0 Å². The number of hydrogen-bond donors (Lipinski definition) is 1. The Kier molecular flexibility index (Phi) is 2.90. The molecule has 0 aromatic carbocycles. The Bertz CT molecular complexity index is 396. The molecule has 0 radical (unpaired) electrons. The van der Waals surface area contributed by atoms with Gasteiger partial charge in [-0.25, -0.2) is 4.98 Å². The fourth-order valence-corrected chi connectivity index (χ4v) is 1.96. The van der Waals surface area contributed by atoms with Crippen LogP contribution in [0.25, 0.3) is 0 Å².